The van der Waals surface area contributed by atoms with Crippen LogP contribution in [0.3, 0.4) is 0 Å². The number of rotatable bonds is 2. The van der Waals surface area contributed by atoms with E-state index in [0.29, 0.717) is 12.1 Å². The number of nitrogens with one attached hydrogen (secondary N) is 1. The molecule has 1 aliphatic rings. The van der Waals surface area contributed by atoms with Gasteiger partial charge in [0, 0.05) is 0 Å². The molecule has 1 aliphatic heterocycles. The second-order valence-electron chi connectivity index (χ2n) is 3.06. The van der Waals surface area contributed by atoms with Gasteiger partial charge in [0.25, 0.3) is 5.69 Å². The molecule has 0 saturated heterocycles. The predicted molar refractivity (Wildman–Crippen MR) is 53.0 cm³/mol. The van der Waals surface area contributed by atoms with Gasteiger partial charge in [0.15, 0.2) is 0 Å². The van der Waals surface area contributed by atoms with E-state index in [9.17, 15) is 30.6 Å². The van der Waals surface area contributed by atoms with Crippen molar-refractivity contribution in [3.63, 3.8) is 0 Å². The number of nitro benzene ring substituents is 2. The van der Waals surface area contributed by atoms with E-state index >= 15 is 0 Å². The van der Waals surface area contributed by atoms with Crippen molar-refractivity contribution in [2.75, 3.05) is 5.48 Å². The maximum atomic E-state index is 11.1. The molecule has 0 bridgehead atoms. The minimum absolute atomic E-state index is 0.481. The lowest BCUT2D eigenvalue weighted by molar-refractivity contribution is -0.393. The van der Waals surface area contributed by atoms with Crippen LogP contribution < -0.4 is 10.5 Å². The van der Waals surface area contributed by atoms with Gasteiger partial charge in [0.1, 0.15) is 0 Å². The standard InChI is InChI=1S/C6H3N4O7/c11-8(12)3-1-4(9(13)14)6-5(2-3)10(15,16)17-7-6/h1-2,7H/q-1. The highest BCUT2D eigenvalue weighted by Gasteiger charge is 2.37. The fourth-order valence-corrected chi connectivity index (χ4v) is 1.32. The molecular weight excluding hydrogens is 240 g/mol. The highest BCUT2D eigenvalue weighted by atomic mass is 17.2. The molecule has 2 rings (SSSR count). The van der Waals surface area contributed by atoms with Crippen LogP contribution in [0.15, 0.2) is 12.1 Å². The van der Waals surface area contributed by atoms with E-state index in [2.05, 4.69) is 4.94 Å². The van der Waals surface area contributed by atoms with E-state index in [1.165, 1.54) is 0 Å². The maximum Gasteiger partial charge on any atom is 0.308 e. The molecule has 0 fully saturated rings. The summed E-state index contributed by atoms with van der Waals surface area (Å²) >= 11 is 0. The van der Waals surface area contributed by atoms with Gasteiger partial charge in [0.2, 0.25) is 11.4 Å². The SMILES string of the molecule is O=[N+]([O-])c1cc([N+](=O)[O-])c2c(c1)[N+]([O-])([O-])ON2. The zero-order valence-corrected chi connectivity index (χ0v) is 7.85. The van der Waals surface area contributed by atoms with Crippen LogP contribution in [0.2, 0.25) is 0 Å². The summed E-state index contributed by atoms with van der Waals surface area (Å²) in [6.45, 7) is 0. The molecule has 0 aromatic heterocycles. The Morgan fingerprint density at radius 3 is 2.35 bits per heavy atom. The Labute approximate surface area is 91.8 Å². The van der Waals surface area contributed by atoms with Crippen LogP contribution in [0.5, 0.6) is 0 Å². The molecule has 0 aliphatic carbocycles. The fourth-order valence-electron chi connectivity index (χ4n) is 1.32. The number of fused-ring (bicyclic) bond motifs is 1. The van der Waals surface area contributed by atoms with E-state index in [1.807, 2.05) is 0 Å². The molecule has 0 spiro atoms. The Balaban J connectivity index is 2.71. The highest BCUT2D eigenvalue weighted by Crippen LogP contribution is 2.45. The second kappa shape index (κ2) is 3.33. The van der Waals surface area contributed by atoms with Crippen molar-refractivity contribution in [1.82, 2.24) is 4.97 Å². The smallest absolute Gasteiger partial charge is 0.308 e. The van der Waals surface area contributed by atoms with Gasteiger partial charge in [-0.3, -0.25) is 20.2 Å². The zero-order valence-electron chi connectivity index (χ0n) is 7.85. The molecule has 0 saturated carbocycles. The normalized spacial score (nSPS) is 16.1. The summed E-state index contributed by atoms with van der Waals surface area (Å²) in [5.41, 5.74) is -0.980. The third kappa shape index (κ3) is 1.64. The molecule has 1 aromatic carbocycles. The summed E-state index contributed by atoms with van der Waals surface area (Å²) in [4.78, 5) is 20.5. The monoisotopic (exact) mass is 243 g/mol. The van der Waals surface area contributed by atoms with Crippen molar-refractivity contribution in [1.29, 1.82) is 0 Å². The number of benzene rings is 1. The predicted octanol–water partition coefficient (Wildman–Crippen LogP) is 1.08. The lowest BCUT2D eigenvalue weighted by atomic mass is 10.2. The van der Waals surface area contributed by atoms with Crippen LogP contribution in [0.4, 0.5) is 22.7 Å². The summed E-state index contributed by atoms with van der Waals surface area (Å²) in [6, 6.07) is 1.25. The Hall–Kier alpha value is -2.34. The summed E-state index contributed by atoms with van der Waals surface area (Å²) < 4.78 is 0. The fraction of sp³-hybridized carbons (Fsp3) is 0. The van der Waals surface area contributed by atoms with Gasteiger partial charge in [0.05, 0.1) is 22.0 Å². The van der Waals surface area contributed by atoms with Gasteiger partial charge in [-0.25, -0.2) is 0 Å². The van der Waals surface area contributed by atoms with Crippen molar-refractivity contribution in [2.24, 2.45) is 0 Å². The van der Waals surface area contributed by atoms with Crippen molar-refractivity contribution in [3.8, 4) is 0 Å². The third-order valence-corrected chi connectivity index (χ3v) is 2.05. The molecular formula is C6H3N4O7-. The lowest BCUT2D eigenvalue weighted by Gasteiger charge is -2.34. The Kier molecular flexibility index (Phi) is 2.18. The van der Waals surface area contributed by atoms with E-state index in [4.69, 9.17) is 0 Å². The molecule has 90 valence electrons. The van der Waals surface area contributed by atoms with Crippen LogP contribution in [0.1, 0.15) is 0 Å². The molecule has 0 atom stereocenters. The molecule has 1 aromatic rings. The second-order valence-corrected chi connectivity index (χ2v) is 3.06. The van der Waals surface area contributed by atoms with Crippen molar-refractivity contribution in [2.45, 2.75) is 0 Å². The van der Waals surface area contributed by atoms with Crippen LogP contribution in [-0.4, -0.2) is 9.85 Å². The van der Waals surface area contributed by atoms with Gasteiger partial charge >= 0.3 is 5.69 Å². The van der Waals surface area contributed by atoms with Crippen LogP contribution in [-0.2, 0) is 4.94 Å². The largest absolute Gasteiger partial charge is 0.590 e. The summed E-state index contributed by atoms with van der Waals surface area (Å²) in [7, 11) is 0. The molecule has 0 radical (unpaired) electrons. The molecule has 0 amide bonds. The molecule has 1 heterocycles. The van der Waals surface area contributed by atoms with E-state index < -0.39 is 37.6 Å². The Morgan fingerprint density at radius 1 is 1.18 bits per heavy atom. The maximum absolute atomic E-state index is 11.1. The minimum Gasteiger partial charge on any atom is -0.590 e. The molecule has 1 N–H and O–H groups in total. The third-order valence-electron chi connectivity index (χ3n) is 2.05. The Morgan fingerprint density at radius 2 is 1.82 bits per heavy atom. The minimum atomic E-state index is -2.67. The first-order chi connectivity index (χ1) is 7.83. The number of non-ortho nitro benzene ring substituents is 1. The average molecular weight is 243 g/mol. The molecule has 11 nitrogen and oxygen atoms in total. The van der Waals surface area contributed by atoms with Crippen molar-refractivity contribution in [3.05, 3.63) is 42.8 Å². The average Bonchev–Trinajstić information content (AvgIpc) is 2.53. The lowest BCUT2D eigenvalue weighted by Crippen LogP contribution is -2.32. The number of anilines is 1. The number of nitro groups is 2. The molecule has 17 heavy (non-hydrogen) atoms. The number of quaternary nitrogens is 1. The highest BCUT2D eigenvalue weighted by molar-refractivity contribution is 5.82. The number of nitrogens with zero attached hydrogens (tertiary/aromatic N) is 3. The summed E-state index contributed by atoms with van der Waals surface area (Å²) in [6.07, 6.45) is 0. The summed E-state index contributed by atoms with van der Waals surface area (Å²) in [5.74, 6) is 0. The first kappa shape index (κ1) is 11.2. The quantitative estimate of drug-likeness (QED) is 0.350. The van der Waals surface area contributed by atoms with Crippen LogP contribution in [0.25, 0.3) is 0 Å². The van der Waals surface area contributed by atoms with E-state index in [0.717, 1.165) is 0 Å². The van der Waals surface area contributed by atoms with Crippen LogP contribution in [0, 0.1) is 30.6 Å². The Bertz CT molecular complexity index is 527. The van der Waals surface area contributed by atoms with Crippen molar-refractivity contribution >= 4 is 22.7 Å². The van der Waals surface area contributed by atoms with Crippen molar-refractivity contribution < 1.29 is 14.8 Å². The van der Waals surface area contributed by atoms with Gasteiger partial charge in [-0.15, -0.1) is 0 Å². The first-order valence-electron chi connectivity index (χ1n) is 4.06. The van der Waals surface area contributed by atoms with Gasteiger partial charge in [-0.1, -0.05) is 4.94 Å². The van der Waals surface area contributed by atoms with Gasteiger partial charge in [-0.05, 0) is 0 Å². The molecule has 11 heteroatoms. The number of hydrogen-bond acceptors (Lipinski definition) is 8. The molecule has 0 unspecified atom stereocenters. The first-order valence-corrected chi connectivity index (χ1v) is 4.06. The zero-order chi connectivity index (χ0) is 12.8. The van der Waals surface area contributed by atoms with E-state index in [1.54, 1.807) is 5.48 Å². The van der Waals surface area contributed by atoms with Gasteiger partial charge in [-0.2, -0.15) is 10.5 Å². The van der Waals surface area contributed by atoms with Crippen LogP contribution >= 0.6 is 0 Å². The van der Waals surface area contributed by atoms with E-state index in [-0.39, 0.29) is 0 Å². The van der Waals surface area contributed by atoms with Gasteiger partial charge < -0.3 is 10.4 Å². The topological polar surface area (TPSA) is 154 Å². The number of hydrogen-bond donors (Lipinski definition) is 1. The summed E-state index contributed by atoms with van der Waals surface area (Å²) in [5, 5.41) is 43.4.